The van der Waals surface area contributed by atoms with Crippen molar-refractivity contribution in [2.45, 2.75) is 37.9 Å². The van der Waals surface area contributed by atoms with E-state index in [2.05, 4.69) is 20.6 Å². The van der Waals surface area contributed by atoms with Crippen LogP contribution in [0.4, 0.5) is 29.5 Å². The summed E-state index contributed by atoms with van der Waals surface area (Å²) in [6.07, 6.45) is -0.362. The predicted molar refractivity (Wildman–Crippen MR) is 80.3 cm³/mol. The fraction of sp³-hybridized carbons (Fsp3) is 0.643. The topological polar surface area (TPSA) is 70.2 Å². The third-order valence-corrected chi connectivity index (χ3v) is 3.84. The molecule has 0 aliphatic heterocycles. The number of rotatable bonds is 3. The lowest BCUT2D eigenvalue weighted by Gasteiger charge is -2.31. The number of aromatic nitrogens is 2. The highest BCUT2D eigenvalue weighted by Crippen LogP contribution is 2.37. The third-order valence-electron chi connectivity index (χ3n) is 3.84. The monoisotopic (exact) mass is 331 g/mol. The van der Waals surface area contributed by atoms with E-state index in [1.807, 2.05) is 0 Å². The molecule has 0 aromatic carbocycles. The number of carbonyl (C=O) groups excluding carboxylic acids is 1. The number of hydrogen-bond donors (Lipinski definition) is 2. The predicted octanol–water partition coefficient (Wildman–Crippen LogP) is 2.79. The van der Waals surface area contributed by atoms with Crippen LogP contribution in [0.1, 0.15) is 25.7 Å². The first-order valence-corrected chi connectivity index (χ1v) is 7.39. The molecule has 0 spiro atoms. The number of halogens is 3. The van der Waals surface area contributed by atoms with Crippen molar-refractivity contribution in [2.75, 3.05) is 24.3 Å². The summed E-state index contributed by atoms with van der Waals surface area (Å²) in [5.41, 5.74) is 0.401. The van der Waals surface area contributed by atoms with Gasteiger partial charge in [-0.2, -0.15) is 13.2 Å². The van der Waals surface area contributed by atoms with E-state index in [0.717, 1.165) is 0 Å². The van der Waals surface area contributed by atoms with Gasteiger partial charge in [0.2, 0.25) is 0 Å². The Morgan fingerprint density at radius 1 is 1.35 bits per heavy atom. The number of urea groups is 1. The summed E-state index contributed by atoms with van der Waals surface area (Å²) in [6.45, 7) is 0. The molecule has 0 unspecified atom stereocenters. The minimum absolute atomic E-state index is 0.0806. The van der Waals surface area contributed by atoms with Crippen molar-refractivity contribution in [2.24, 2.45) is 5.92 Å². The first-order chi connectivity index (χ1) is 10.8. The molecule has 1 aliphatic rings. The van der Waals surface area contributed by atoms with E-state index >= 15 is 0 Å². The minimum atomic E-state index is -4.21. The molecule has 1 aromatic heterocycles. The van der Waals surface area contributed by atoms with Crippen LogP contribution >= 0.6 is 0 Å². The molecule has 1 aromatic rings. The SMILES string of the molecule is CN(C)c1ncncc1NC(=O)N[C@H]1CCC[C@H](C(F)(F)F)C1. The van der Waals surface area contributed by atoms with Crippen LogP contribution in [0.25, 0.3) is 0 Å². The first kappa shape index (κ1) is 17.3. The van der Waals surface area contributed by atoms with Crippen LogP contribution in [0.3, 0.4) is 0 Å². The number of anilines is 2. The van der Waals surface area contributed by atoms with Gasteiger partial charge in [-0.15, -0.1) is 0 Å². The molecule has 1 aliphatic carbocycles. The molecule has 128 valence electrons. The summed E-state index contributed by atoms with van der Waals surface area (Å²) in [7, 11) is 3.53. The Labute approximate surface area is 132 Å². The Hall–Kier alpha value is -2.06. The van der Waals surface area contributed by atoms with Gasteiger partial charge in [0, 0.05) is 20.1 Å². The molecule has 0 saturated heterocycles. The van der Waals surface area contributed by atoms with E-state index in [4.69, 9.17) is 0 Å². The van der Waals surface area contributed by atoms with E-state index in [1.54, 1.807) is 19.0 Å². The largest absolute Gasteiger partial charge is 0.391 e. The number of nitrogens with one attached hydrogen (secondary N) is 2. The van der Waals surface area contributed by atoms with Gasteiger partial charge in [0.05, 0.1) is 12.1 Å². The van der Waals surface area contributed by atoms with E-state index in [1.165, 1.54) is 12.5 Å². The van der Waals surface area contributed by atoms with E-state index < -0.39 is 24.2 Å². The zero-order chi connectivity index (χ0) is 17.0. The van der Waals surface area contributed by atoms with Gasteiger partial charge in [-0.3, -0.25) is 0 Å². The fourth-order valence-corrected chi connectivity index (χ4v) is 2.73. The first-order valence-electron chi connectivity index (χ1n) is 7.39. The van der Waals surface area contributed by atoms with Gasteiger partial charge in [0.15, 0.2) is 5.82 Å². The Morgan fingerprint density at radius 3 is 2.74 bits per heavy atom. The third kappa shape index (κ3) is 4.70. The standard InChI is InChI=1S/C14H20F3N5O/c1-22(2)12-11(7-18-8-19-12)21-13(23)20-10-5-3-4-9(6-10)14(15,16)17/h7-10H,3-6H2,1-2H3,(H2,20,21,23)/t9-,10-/m0/s1. The lowest BCUT2D eigenvalue weighted by Crippen LogP contribution is -2.43. The summed E-state index contributed by atoms with van der Waals surface area (Å²) in [4.78, 5) is 21.6. The van der Waals surface area contributed by atoms with Crippen LogP contribution in [0.5, 0.6) is 0 Å². The Kier molecular flexibility index (Phi) is 5.27. The minimum Gasteiger partial charge on any atom is -0.361 e. The highest BCUT2D eigenvalue weighted by atomic mass is 19.4. The second-order valence-electron chi connectivity index (χ2n) is 5.85. The quantitative estimate of drug-likeness (QED) is 0.893. The molecule has 2 atom stereocenters. The number of carbonyl (C=O) groups is 1. The van der Waals surface area contributed by atoms with Crippen molar-refractivity contribution in [3.05, 3.63) is 12.5 Å². The molecule has 23 heavy (non-hydrogen) atoms. The summed E-state index contributed by atoms with van der Waals surface area (Å²) in [5, 5.41) is 5.21. The highest BCUT2D eigenvalue weighted by Gasteiger charge is 2.42. The molecule has 2 rings (SSSR count). The van der Waals surface area contributed by atoms with Gasteiger partial charge in [0.1, 0.15) is 12.0 Å². The normalized spacial score (nSPS) is 21.6. The molecule has 0 bridgehead atoms. The Bertz CT molecular complexity index is 549. The smallest absolute Gasteiger partial charge is 0.361 e. The van der Waals surface area contributed by atoms with Crippen molar-refractivity contribution in [3.63, 3.8) is 0 Å². The molecular weight excluding hydrogens is 311 g/mol. The van der Waals surface area contributed by atoms with Crippen LogP contribution in [0.2, 0.25) is 0 Å². The van der Waals surface area contributed by atoms with Crippen molar-refractivity contribution in [1.29, 1.82) is 0 Å². The van der Waals surface area contributed by atoms with Crippen LogP contribution in [-0.4, -0.2) is 42.3 Å². The van der Waals surface area contributed by atoms with Gasteiger partial charge >= 0.3 is 12.2 Å². The highest BCUT2D eigenvalue weighted by molar-refractivity contribution is 5.92. The van der Waals surface area contributed by atoms with Crippen molar-refractivity contribution in [1.82, 2.24) is 15.3 Å². The summed E-state index contributed by atoms with van der Waals surface area (Å²) in [5.74, 6) is -0.828. The van der Waals surface area contributed by atoms with Gasteiger partial charge in [-0.1, -0.05) is 6.42 Å². The number of amides is 2. The lowest BCUT2D eigenvalue weighted by atomic mass is 9.85. The zero-order valence-corrected chi connectivity index (χ0v) is 13.0. The molecule has 2 N–H and O–H groups in total. The molecule has 1 heterocycles. The number of nitrogens with zero attached hydrogens (tertiary/aromatic N) is 3. The average Bonchev–Trinajstić information content (AvgIpc) is 2.46. The molecule has 2 amide bonds. The molecule has 1 saturated carbocycles. The summed E-state index contributed by atoms with van der Waals surface area (Å²) < 4.78 is 38.4. The van der Waals surface area contributed by atoms with Crippen LogP contribution in [0, 0.1) is 5.92 Å². The Morgan fingerprint density at radius 2 is 2.09 bits per heavy atom. The Balaban J connectivity index is 1.95. The van der Waals surface area contributed by atoms with Gasteiger partial charge in [-0.05, 0) is 19.3 Å². The number of alkyl halides is 3. The molecule has 0 radical (unpaired) electrons. The molecule has 6 nitrogen and oxygen atoms in total. The van der Waals surface area contributed by atoms with Gasteiger partial charge in [0.25, 0.3) is 0 Å². The van der Waals surface area contributed by atoms with Crippen LogP contribution in [0.15, 0.2) is 12.5 Å². The summed E-state index contributed by atoms with van der Waals surface area (Å²) >= 11 is 0. The van der Waals surface area contributed by atoms with Crippen molar-refractivity contribution < 1.29 is 18.0 Å². The van der Waals surface area contributed by atoms with E-state index in [9.17, 15) is 18.0 Å². The van der Waals surface area contributed by atoms with Crippen LogP contribution in [-0.2, 0) is 0 Å². The molecule has 9 heteroatoms. The van der Waals surface area contributed by atoms with Crippen molar-refractivity contribution >= 4 is 17.5 Å². The fourth-order valence-electron chi connectivity index (χ4n) is 2.73. The van der Waals surface area contributed by atoms with E-state index in [-0.39, 0.29) is 12.8 Å². The van der Waals surface area contributed by atoms with Gasteiger partial charge in [-0.25, -0.2) is 14.8 Å². The lowest BCUT2D eigenvalue weighted by molar-refractivity contribution is -0.183. The van der Waals surface area contributed by atoms with Crippen LogP contribution < -0.4 is 15.5 Å². The van der Waals surface area contributed by atoms with Crippen molar-refractivity contribution in [3.8, 4) is 0 Å². The maximum atomic E-state index is 12.8. The number of hydrogen-bond acceptors (Lipinski definition) is 4. The second-order valence-corrected chi connectivity index (χ2v) is 5.85. The zero-order valence-electron chi connectivity index (χ0n) is 13.0. The second kappa shape index (κ2) is 7.01. The van der Waals surface area contributed by atoms with Gasteiger partial charge < -0.3 is 15.5 Å². The molecule has 1 fully saturated rings. The maximum Gasteiger partial charge on any atom is 0.391 e. The van der Waals surface area contributed by atoms with E-state index in [0.29, 0.717) is 24.3 Å². The average molecular weight is 331 g/mol. The summed E-state index contributed by atoms with van der Waals surface area (Å²) in [6, 6.07) is -1.03. The molecular formula is C14H20F3N5O. The maximum absolute atomic E-state index is 12.8.